The second-order valence-electron chi connectivity index (χ2n) is 5.07. The third kappa shape index (κ3) is 3.98. The lowest BCUT2D eigenvalue weighted by Gasteiger charge is -2.09. The number of benzene rings is 1. The average Bonchev–Trinajstić information content (AvgIpc) is 3.14. The quantitative estimate of drug-likeness (QED) is 0.812. The van der Waals surface area contributed by atoms with Crippen molar-refractivity contribution < 1.29 is 22.7 Å². The number of carbonyl (C=O) groups excluding carboxylic acids is 1. The smallest absolute Gasteiger partial charge is 0.264 e. The highest BCUT2D eigenvalue weighted by Crippen LogP contribution is 2.34. The lowest BCUT2D eigenvalue weighted by molar-refractivity contribution is -0.115. The molecule has 0 aliphatic carbocycles. The van der Waals surface area contributed by atoms with Crippen molar-refractivity contribution in [3.63, 3.8) is 0 Å². The highest BCUT2D eigenvalue weighted by Gasteiger charge is 2.31. The van der Waals surface area contributed by atoms with Crippen molar-refractivity contribution >= 4 is 32.9 Å². The molecule has 1 aromatic rings. The molecule has 1 aromatic carbocycles. The van der Waals surface area contributed by atoms with Crippen molar-refractivity contribution in [1.29, 1.82) is 0 Å². The molecule has 24 heavy (non-hydrogen) atoms. The zero-order valence-electron chi connectivity index (χ0n) is 12.7. The van der Waals surface area contributed by atoms with Crippen LogP contribution < -0.4 is 5.32 Å². The number of thioether (sulfide) groups is 1. The minimum atomic E-state index is -3.60. The van der Waals surface area contributed by atoms with Crippen LogP contribution in [0.2, 0.25) is 0 Å². The Balaban J connectivity index is 1.99. The fourth-order valence-corrected chi connectivity index (χ4v) is 3.87. The first-order valence-corrected chi connectivity index (χ1v) is 9.60. The minimum absolute atomic E-state index is 0.0302. The van der Waals surface area contributed by atoms with Crippen molar-refractivity contribution in [3.8, 4) is 0 Å². The molecule has 1 N–H and O–H groups in total. The fourth-order valence-electron chi connectivity index (χ4n) is 2.19. The number of rotatable bonds is 4. The normalized spacial score (nSPS) is 21.1. The van der Waals surface area contributed by atoms with Gasteiger partial charge in [0.05, 0.1) is 11.2 Å². The molecule has 1 saturated heterocycles. The fraction of sp³-hybridized carbons (Fsp3) is 0.200. The molecule has 1 amide bonds. The highest BCUT2D eigenvalue weighted by atomic mass is 32.2. The maximum absolute atomic E-state index is 12.3. The predicted molar refractivity (Wildman–Crippen MR) is 90.3 cm³/mol. The van der Waals surface area contributed by atoms with Crippen LogP contribution in [0.15, 0.2) is 57.2 Å². The van der Waals surface area contributed by atoms with E-state index in [0.29, 0.717) is 22.7 Å². The van der Waals surface area contributed by atoms with Crippen LogP contribution in [0.5, 0.6) is 0 Å². The Morgan fingerprint density at radius 1 is 1.33 bits per heavy atom. The second-order valence-corrected chi connectivity index (χ2v) is 7.71. The summed E-state index contributed by atoms with van der Waals surface area (Å²) >= 11 is 0.973. The van der Waals surface area contributed by atoms with Gasteiger partial charge in [0.25, 0.3) is 15.9 Å². The van der Waals surface area contributed by atoms with Gasteiger partial charge in [0.15, 0.2) is 10.9 Å². The Morgan fingerprint density at radius 2 is 2.08 bits per heavy atom. The second kappa shape index (κ2) is 6.70. The van der Waals surface area contributed by atoms with Crippen LogP contribution in [0.1, 0.15) is 5.56 Å². The third-order valence-corrected chi connectivity index (χ3v) is 4.79. The molecule has 2 aliphatic heterocycles. The van der Waals surface area contributed by atoms with E-state index in [9.17, 15) is 13.2 Å². The number of sulfonamides is 1. The predicted octanol–water partition coefficient (Wildman–Crippen LogP) is 1.51. The van der Waals surface area contributed by atoms with Gasteiger partial charge in [0.1, 0.15) is 6.26 Å². The van der Waals surface area contributed by atoms with Crippen LogP contribution in [0.4, 0.5) is 0 Å². The lowest BCUT2D eigenvalue weighted by atomic mass is 10.0. The van der Waals surface area contributed by atoms with Gasteiger partial charge >= 0.3 is 0 Å². The molecule has 0 saturated carbocycles. The molecule has 0 aromatic heterocycles. The summed E-state index contributed by atoms with van der Waals surface area (Å²) in [5, 5.41) is 2.49. The van der Waals surface area contributed by atoms with E-state index in [1.165, 1.54) is 6.26 Å². The molecule has 2 heterocycles. The highest BCUT2D eigenvalue weighted by molar-refractivity contribution is 8.19. The van der Waals surface area contributed by atoms with Gasteiger partial charge in [-0.05, 0) is 17.3 Å². The molecule has 2 aliphatic rings. The summed E-state index contributed by atoms with van der Waals surface area (Å²) in [6, 6.07) is 9.56. The molecule has 1 fully saturated rings. The van der Waals surface area contributed by atoms with Gasteiger partial charge in [0.2, 0.25) is 6.79 Å². The molecule has 3 rings (SSSR count). The number of amidine groups is 1. The van der Waals surface area contributed by atoms with Crippen LogP contribution in [0.25, 0.3) is 0 Å². The number of hydrogen-bond acceptors (Lipinski definition) is 6. The number of ether oxygens (including phenoxy) is 2. The van der Waals surface area contributed by atoms with Crippen molar-refractivity contribution in [1.82, 2.24) is 5.32 Å². The third-order valence-electron chi connectivity index (χ3n) is 3.14. The zero-order valence-corrected chi connectivity index (χ0v) is 14.3. The van der Waals surface area contributed by atoms with E-state index < -0.39 is 15.9 Å². The van der Waals surface area contributed by atoms with Crippen LogP contribution in [0, 0.1) is 0 Å². The Hall–Kier alpha value is -2.26. The standard InChI is InChI=1S/C15H14N2O5S2/c1-24(19,20)17-15-16-14(18)13(23-15)11(12-8-21-9-22-12)7-10-5-3-2-4-6-10/h2-6,8H,7,9H2,1H3,(H,16,17,18). The Morgan fingerprint density at radius 3 is 2.71 bits per heavy atom. The van der Waals surface area contributed by atoms with Crippen molar-refractivity contribution in [2.75, 3.05) is 13.0 Å². The maximum atomic E-state index is 12.3. The number of nitrogens with zero attached hydrogens (tertiary/aromatic N) is 1. The molecule has 0 bridgehead atoms. The summed E-state index contributed by atoms with van der Waals surface area (Å²) in [5.74, 6) is 0.0434. The Labute approximate surface area is 143 Å². The molecule has 0 atom stereocenters. The van der Waals surface area contributed by atoms with Gasteiger partial charge in [0, 0.05) is 12.0 Å². The first-order chi connectivity index (χ1) is 11.4. The average molecular weight is 366 g/mol. The van der Waals surface area contributed by atoms with E-state index in [4.69, 9.17) is 9.47 Å². The van der Waals surface area contributed by atoms with Gasteiger partial charge in [-0.2, -0.15) is 0 Å². The van der Waals surface area contributed by atoms with Gasteiger partial charge in [-0.1, -0.05) is 30.3 Å². The molecular formula is C15H14N2O5S2. The Bertz CT molecular complexity index is 857. The SMILES string of the molecule is CS(=O)(=O)N=C1NC(=O)C(=C(Cc2ccccc2)C2=COCO2)S1. The van der Waals surface area contributed by atoms with E-state index in [1.54, 1.807) is 0 Å². The number of nitrogens with one attached hydrogen (secondary N) is 1. The van der Waals surface area contributed by atoms with Gasteiger partial charge in [-0.15, -0.1) is 4.40 Å². The van der Waals surface area contributed by atoms with Gasteiger partial charge in [-0.3, -0.25) is 10.1 Å². The molecule has 0 radical (unpaired) electrons. The van der Waals surface area contributed by atoms with Crippen molar-refractivity contribution in [3.05, 3.63) is 58.4 Å². The topological polar surface area (TPSA) is 94.1 Å². The van der Waals surface area contributed by atoms with Crippen LogP contribution in [-0.2, 0) is 30.7 Å². The lowest BCUT2D eigenvalue weighted by Crippen LogP contribution is -2.21. The first-order valence-electron chi connectivity index (χ1n) is 6.93. The number of allylic oxidation sites excluding steroid dienone is 1. The van der Waals surface area contributed by atoms with Crippen molar-refractivity contribution in [2.45, 2.75) is 6.42 Å². The summed E-state index contributed by atoms with van der Waals surface area (Å²) in [7, 11) is -3.60. The number of amides is 1. The van der Waals surface area contributed by atoms with E-state index >= 15 is 0 Å². The minimum Gasteiger partial charge on any atom is -0.461 e. The molecule has 9 heteroatoms. The van der Waals surface area contributed by atoms with E-state index in [0.717, 1.165) is 23.6 Å². The summed E-state index contributed by atoms with van der Waals surface area (Å²) in [4.78, 5) is 12.6. The van der Waals surface area contributed by atoms with E-state index in [1.807, 2.05) is 30.3 Å². The van der Waals surface area contributed by atoms with Crippen LogP contribution in [-0.4, -0.2) is 32.5 Å². The molecule has 0 spiro atoms. The van der Waals surface area contributed by atoms with Crippen LogP contribution in [0.3, 0.4) is 0 Å². The summed E-state index contributed by atoms with van der Waals surface area (Å²) < 4.78 is 36.6. The molecule has 126 valence electrons. The summed E-state index contributed by atoms with van der Waals surface area (Å²) in [5.41, 5.74) is 1.61. The summed E-state index contributed by atoms with van der Waals surface area (Å²) in [6.07, 6.45) is 2.86. The maximum Gasteiger partial charge on any atom is 0.264 e. The molecule has 0 unspecified atom stereocenters. The van der Waals surface area contributed by atoms with E-state index in [2.05, 4.69) is 9.71 Å². The zero-order chi connectivity index (χ0) is 17.2. The first kappa shape index (κ1) is 16.6. The Kier molecular flexibility index (Phi) is 4.63. The van der Waals surface area contributed by atoms with Crippen LogP contribution >= 0.6 is 11.8 Å². The largest absolute Gasteiger partial charge is 0.461 e. The summed E-state index contributed by atoms with van der Waals surface area (Å²) in [6.45, 7) is 0.0808. The van der Waals surface area contributed by atoms with Crippen molar-refractivity contribution in [2.24, 2.45) is 4.40 Å². The molecular weight excluding hydrogens is 352 g/mol. The number of hydrogen-bond donors (Lipinski definition) is 1. The number of carbonyl (C=O) groups is 1. The monoisotopic (exact) mass is 366 g/mol. The van der Waals surface area contributed by atoms with Gasteiger partial charge in [-0.25, -0.2) is 8.42 Å². The molecule has 7 nitrogen and oxygen atoms in total. The van der Waals surface area contributed by atoms with Gasteiger partial charge < -0.3 is 9.47 Å². The van der Waals surface area contributed by atoms with E-state index in [-0.39, 0.29) is 12.0 Å².